The van der Waals surface area contributed by atoms with Gasteiger partial charge in [-0.25, -0.2) is 9.67 Å². The number of piperazine rings is 1. The van der Waals surface area contributed by atoms with Gasteiger partial charge in [0.2, 0.25) is 0 Å². The molecule has 1 aliphatic heterocycles. The van der Waals surface area contributed by atoms with Crippen molar-refractivity contribution in [2.75, 3.05) is 33.3 Å². The SMILES string of the molecule is COc1cccc(C(=O)N2CCN(C(=O)c3cc(-c4cccs4)nc4c3cnn4C(C)C)CC2)c1. The molecule has 1 aromatic carbocycles. The van der Waals surface area contributed by atoms with Crippen molar-refractivity contribution in [1.82, 2.24) is 24.6 Å². The van der Waals surface area contributed by atoms with Crippen molar-refractivity contribution < 1.29 is 14.3 Å². The molecule has 180 valence electrons. The van der Waals surface area contributed by atoms with E-state index < -0.39 is 0 Å². The van der Waals surface area contributed by atoms with Crippen molar-refractivity contribution >= 4 is 34.2 Å². The van der Waals surface area contributed by atoms with Crippen molar-refractivity contribution in [1.29, 1.82) is 0 Å². The van der Waals surface area contributed by atoms with Gasteiger partial charge in [0.25, 0.3) is 11.8 Å². The van der Waals surface area contributed by atoms with Gasteiger partial charge in [-0.2, -0.15) is 5.10 Å². The van der Waals surface area contributed by atoms with Crippen LogP contribution in [0.2, 0.25) is 0 Å². The first-order valence-electron chi connectivity index (χ1n) is 11.6. The van der Waals surface area contributed by atoms with Crippen LogP contribution in [0.5, 0.6) is 5.75 Å². The molecule has 8 nitrogen and oxygen atoms in total. The highest BCUT2D eigenvalue weighted by atomic mass is 32.1. The molecule has 9 heteroatoms. The van der Waals surface area contributed by atoms with Crippen LogP contribution in [0, 0.1) is 0 Å². The molecule has 4 aromatic rings. The number of pyridine rings is 1. The van der Waals surface area contributed by atoms with E-state index in [1.807, 2.05) is 59.1 Å². The topological polar surface area (TPSA) is 80.6 Å². The predicted molar refractivity (Wildman–Crippen MR) is 136 cm³/mol. The van der Waals surface area contributed by atoms with Crippen molar-refractivity contribution in [3.63, 3.8) is 0 Å². The molecule has 4 heterocycles. The van der Waals surface area contributed by atoms with Crippen LogP contribution in [0.15, 0.2) is 54.0 Å². The van der Waals surface area contributed by atoms with Gasteiger partial charge in [-0.3, -0.25) is 9.59 Å². The summed E-state index contributed by atoms with van der Waals surface area (Å²) in [6.45, 7) is 5.96. The Morgan fingerprint density at radius 2 is 1.74 bits per heavy atom. The molecule has 1 aliphatic rings. The highest BCUT2D eigenvalue weighted by Gasteiger charge is 2.28. The largest absolute Gasteiger partial charge is 0.497 e. The third kappa shape index (κ3) is 4.39. The Hall–Kier alpha value is -3.72. The molecule has 0 saturated carbocycles. The second-order valence-corrected chi connectivity index (χ2v) is 9.72. The molecule has 35 heavy (non-hydrogen) atoms. The van der Waals surface area contributed by atoms with Gasteiger partial charge >= 0.3 is 0 Å². The van der Waals surface area contributed by atoms with E-state index in [1.165, 1.54) is 0 Å². The zero-order valence-corrected chi connectivity index (χ0v) is 20.8. The molecule has 0 atom stereocenters. The lowest BCUT2D eigenvalue weighted by atomic mass is 10.1. The van der Waals surface area contributed by atoms with Gasteiger partial charge in [-0.15, -0.1) is 11.3 Å². The van der Waals surface area contributed by atoms with Crippen LogP contribution in [0.4, 0.5) is 0 Å². The number of carbonyl (C=O) groups excluding carboxylic acids is 2. The molecule has 0 aliphatic carbocycles. The third-order valence-electron chi connectivity index (χ3n) is 6.23. The van der Waals surface area contributed by atoms with Crippen LogP contribution in [0.25, 0.3) is 21.6 Å². The minimum absolute atomic E-state index is 0.0551. The van der Waals surface area contributed by atoms with E-state index in [1.54, 1.807) is 41.7 Å². The standard InChI is InChI=1S/C26H27N5O3S/c1-17(2)31-24-21(16-27-31)20(15-22(28-24)23-8-5-13-35-23)26(33)30-11-9-29(10-12-30)25(32)18-6-4-7-19(14-18)34-3/h4-8,13-17H,9-12H2,1-3H3. The summed E-state index contributed by atoms with van der Waals surface area (Å²) in [5, 5.41) is 7.26. The highest BCUT2D eigenvalue weighted by molar-refractivity contribution is 7.13. The van der Waals surface area contributed by atoms with Crippen LogP contribution in [0.1, 0.15) is 40.6 Å². The minimum atomic E-state index is -0.0630. The maximum absolute atomic E-state index is 13.7. The number of ether oxygens (including phenoxy) is 1. The lowest BCUT2D eigenvalue weighted by Crippen LogP contribution is -2.50. The first kappa shape index (κ1) is 23.0. The average Bonchev–Trinajstić information content (AvgIpc) is 3.58. The molecule has 1 saturated heterocycles. The average molecular weight is 490 g/mol. The quantitative estimate of drug-likeness (QED) is 0.416. The van der Waals surface area contributed by atoms with Crippen LogP contribution in [-0.2, 0) is 0 Å². The molecule has 0 unspecified atom stereocenters. The van der Waals surface area contributed by atoms with E-state index >= 15 is 0 Å². The predicted octanol–water partition coefficient (Wildman–Crippen LogP) is 4.35. The van der Waals surface area contributed by atoms with E-state index in [-0.39, 0.29) is 17.9 Å². The summed E-state index contributed by atoms with van der Waals surface area (Å²) in [5.41, 5.74) is 2.66. The number of nitrogens with zero attached hydrogens (tertiary/aromatic N) is 5. The number of fused-ring (bicyclic) bond motifs is 1. The third-order valence-corrected chi connectivity index (χ3v) is 7.12. The zero-order chi connectivity index (χ0) is 24.5. The summed E-state index contributed by atoms with van der Waals surface area (Å²) in [5.74, 6) is 0.530. The Morgan fingerprint density at radius 3 is 2.40 bits per heavy atom. The highest BCUT2D eigenvalue weighted by Crippen LogP contribution is 2.30. The van der Waals surface area contributed by atoms with E-state index in [0.717, 1.165) is 16.0 Å². The Labute approximate surface area is 207 Å². The Kier molecular flexibility index (Phi) is 6.25. The minimum Gasteiger partial charge on any atom is -0.497 e. The number of benzene rings is 1. The molecule has 0 N–H and O–H groups in total. The summed E-state index contributed by atoms with van der Waals surface area (Å²) in [7, 11) is 1.58. The monoisotopic (exact) mass is 489 g/mol. The number of rotatable bonds is 5. The van der Waals surface area contributed by atoms with Crippen molar-refractivity contribution in [2.24, 2.45) is 0 Å². The van der Waals surface area contributed by atoms with Gasteiger partial charge in [-0.05, 0) is 49.6 Å². The number of aromatic nitrogens is 3. The van der Waals surface area contributed by atoms with Gasteiger partial charge in [0.05, 0.1) is 34.8 Å². The number of hydrogen-bond acceptors (Lipinski definition) is 6. The molecule has 0 spiro atoms. The number of carbonyl (C=O) groups is 2. The fraction of sp³-hybridized carbons (Fsp3) is 0.308. The van der Waals surface area contributed by atoms with Crippen molar-refractivity contribution in [3.8, 4) is 16.3 Å². The van der Waals surface area contributed by atoms with Gasteiger partial charge < -0.3 is 14.5 Å². The Morgan fingerprint density at radius 1 is 1.00 bits per heavy atom. The smallest absolute Gasteiger partial charge is 0.254 e. The molecule has 1 fully saturated rings. The lowest BCUT2D eigenvalue weighted by molar-refractivity contribution is 0.0536. The fourth-order valence-corrected chi connectivity index (χ4v) is 5.03. The molecule has 0 bridgehead atoms. The number of hydrogen-bond donors (Lipinski definition) is 0. The van der Waals surface area contributed by atoms with Crippen LogP contribution < -0.4 is 4.74 Å². The van der Waals surface area contributed by atoms with Crippen molar-refractivity contribution in [2.45, 2.75) is 19.9 Å². The first-order chi connectivity index (χ1) is 17.0. The van der Waals surface area contributed by atoms with E-state index in [2.05, 4.69) is 5.10 Å². The van der Waals surface area contributed by atoms with Crippen LogP contribution in [-0.4, -0.2) is 69.7 Å². The molecule has 2 amide bonds. The Bertz CT molecular complexity index is 1370. The van der Waals surface area contributed by atoms with E-state index in [0.29, 0.717) is 48.7 Å². The fourth-order valence-electron chi connectivity index (χ4n) is 4.35. The van der Waals surface area contributed by atoms with Gasteiger partial charge in [-0.1, -0.05) is 12.1 Å². The van der Waals surface area contributed by atoms with Crippen molar-refractivity contribution in [3.05, 3.63) is 65.2 Å². The van der Waals surface area contributed by atoms with Crippen LogP contribution in [0.3, 0.4) is 0 Å². The molecule has 0 radical (unpaired) electrons. The Balaban J connectivity index is 1.39. The summed E-state index contributed by atoms with van der Waals surface area (Å²) in [4.78, 5) is 36.1. The second kappa shape index (κ2) is 9.50. The molecule has 3 aromatic heterocycles. The van der Waals surface area contributed by atoms with E-state index in [9.17, 15) is 9.59 Å². The first-order valence-corrected chi connectivity index (χ1v) is 12.5. The number of thiophene rings is 1. The zero-order valence-electron chi connectivity index (χ0n) is 20.0. The molecular weight excluding hydrogens is 462 g/mol. The molecule has 5 rings (SSSR count). The van der Waals surface area contributed by atoms with E-state index in [4.69, 9.17) is 9.72 Å². The summed E-state index contributed by atoms with van der Waals surface area (Å²) < 4.78 is 7.10. The second-order valence-electron chi connectivity index (χ2n) is 8.77. The maximum atomic E-state index is 13.7. The lowest BCUT2D eigenvalue weighted by Gasteiger charge is -2.35. The number of methoxy groups -OCH3 is 1. The van der Waals surface area contributed by atoms with Crippen LogP contribution >= 0.6 is 11.3 Å². The molecular formula is C26H27N5O3S. The summed E-state index contributed by atoms with van der Waals surface area (Å²) in [6.07, 6.45) is 1.73. The normalized spacial score (nSPS) is 14.1. The van der Waals surface area contributed by atoms with Gasteiger partial charge in [0.1, 0.15) is 5.75 Å². The van der Waals surface area contributed by atoms with Gasteiger partial charge in [0.15, 0.2) is 5.65 Å². The summed E-state index contributed by atoms with van der Waals surface area (Å²) in [6, 6.07) is 13.1. The summed E-state index contributed by atoms with van der Waals surface area (Å²) >= 11 is 1.59. The maximum Gasteiger partial charge on any atom is 0.254 e. The van der Waals surface area contributed by atoms with Gasteiger partial charge in [0, 0.05) is 37.8 Å². The number of amides is 2.